The summed E-state index contributed by atoms with van der Waals surface area (Å²) in [5.74, 6) is -0.306. The van der Waals surface area contributed by atoms with Gasteiger partial charge in [-0.1, -0.05) is 18.6 Å². The topological polar surface area (TPSA) is 74.3 Å². The van der Waals surface area contributed by atoms with Crippen LogP contribution in [0, 0.1) is 11.7 Å². The van der Waals surface area contributed by atoms with Gasteiger partial charge in [0.1, 0.15) is 5.82 Å². The summed E-state index contributed by atoms with van der Waals surface area (Å²) >= 11 is 0. The predicted molar refractivity (Wildman–Crippen MR) is 112 cm³/mol. The lowest BCUT2D eigenvalue weighted by molar-refractivity contribution is -0.137. The van der Waals surface area contributed by atoms with Gasteiger partial charge in [0.05, 0.1) is 11.3 Å². The van der Waals surface area contributed by atoms with Crippen molar-refractivity contribution in [1.29, 1.82) is 0 Å². The zero-order valence-electron chi connectivity index (χ0n) is 16.9. The molecule has 30 heavy (non-hydrogen) atoms. The van der Waals surface area contributed by atoms with Gasteiger partial charge >= 0.3 is 0 Å². The van der Waals surface area contributed by atoms with Gasteiger partial charge in [0.15, 0.2) is 0 Å². The average Bonchev–Trinajstić information content (AvgIpc) is 2.79. The Morgan fingerprint density at radius 3 is 2.70 bits per heavy atom. The molecule has 0 spiro atoms. The lowest BCUT2D eigenvalue weighted by Crippen LogP contribution is -2.50. The largest absolute Gasteiger partial charge is 0.349 e. The van der Waals surface area contributed by atoms with Crippen molar-refractivity contribution in [2.75, 3.05) is 26.2 Å². The van der Waals surface area contributed by atoms with E-state index in [1.165, 1.54) is 18.3 Å². The van der Waals surface area contributed by atoms with Crippen molar-refractivity contribution in [3.8, 4) is 11.3 Å². The van der Waals surface area contributed by atoms with Crippen LogP contribution in [0.4, 0.5) is 4.39 Å². The number of aromatic nitrogens is 1. The number of pyridine rings is 1. The highest BCUT2D eigenvalue weighted by Gasteiger charge is 2.31. The molecule has 1 aromatic carbocycles. The number of nitrogens with one attached hydrogen (secondary N) is 2. The van der Waals surface area contributed by atoms with E-state index in [4.69, 9.17) is 0 Å². The van der Waals surface area contributed by atoms with E-state index in [1.807, 2.05) is 4.90 Å². The maximum atomic E-state index is 13.4. The summed E-state index contributed by atoms with van der Waals surface area (Å²) in [5.41, 5.74) is 1.75. The van der Waals surface area contributed by atoms with Crippen LogP contribution in [0.3, 0.4) is 0 Å². The number of nitrogens with zero attached hydrogens (tertiary/aromatic N) is 2. The van der Waals surface area contributed by atoms with Crippen LogP contribution in [-0.2, 0) is 4.79 Å². The third-order valence-corrected chi connectivity index (χ3v) is 5.93. The van der Waals surface area contributed by atoms with Gasteiger partial charge in [-0.3, -0.25) is 14.6 Å². The van der Waals surface area contributed by atoms with Crippen molar-refractivity contribution >= 4 is 11.8 Å². The van der Waals surface area contributed by atoms with E-state index in [9.17, 15) is 14.0 Å². The number of benzene rings is 1. The Morgan fingerprint density at radius 2 is 1.97 bits per heavy atom. The Balaban J connectivity index is 1.35. The van der Waals surface area contributed by atoms with Crippen LogP contribution in [0.1, 0.15) is 36.0 Å². The van der Waals surface area contributed by atoms with Gasteiger partial charge in [0.2, 0.25) is 5.91 Å². The lowest BCUT2D eigenvalue weighted by Gasteiger charge is -2.35. The monoisotopic (exact) mass is 410 g/mol. The van der Waals surface area contributed by atoms with Gasteiger partial charge < -0.3 is 15.5 Å². The molecule has 4 rings (SSSR count). The summed E-state index contributed by atoms with van der Waals surface area (Å²) in [6.07, 6.45) is 4.90. The summed E-state index contributed by atoms with van der Waals surface area (Å²) < 4.78 is 13.4. The van der Waals surface area contributed by atoms with Crippen LogP contribution in [0.15, 0.2) is 42.6 Å². The van der Waals surface area contributed by atoms with Gasteiger partial charge in [-0.2, -0.15) is 0 Å². The minimum absolute atomic E-state index is 0.00832. The third kappa shape index (κ3) is 4.84. The number of piperazine rings is 1. The molecule has 158 valence electrons. The summed E-state index contributed by atoms with van der Waals surface area (Å²) in [6.45, 7) is 3.21. The van der Waals surface area contributed by atoms with Gasteiger partial charge in [-0.15, -0.1) is 0 Å². The Kier molecular flexibility index (Phi) is 6.38. The molecule has 0 radical (unpaired) electrons. The normalized spacial score (nSPS) is 21.8. The molecule has 2 N–H and O–H groups in total. The molecule has 2 heterocycles. The fourth-order valence-electron chi connectivity index (χ4n) is 4.30. The number of carbonyl (C=O) groups excluding carboxylic acids is 2. The Morgan fingerprint density at radius 1 is 1.13 bits per heavy atom. The van der Waals surface area contributed by atoms with Crippen LogP contribution in [0.2, 0.25) is 0 Å². The maximum Gasteiger partial charge on any atom is 0.253 e. The van der Waals surface area contributed by atoms with Crippen LogP contribution in [0.25, 0.3) is 11.3 Å². The molecule has 0 unspecified atom stereocenters. The quantitative estimate of drug-likeness (QED) is 0.813. The molecular weight excluding hydrogens is 383 g/mol. The molecule has 1 saturated heterocycles. The highest BCUT2D eigenvalue weighted by atomic mass is 19.1. The Bertz CT molecular complexity index is 896. The zero-order valence-corrected chi connectivity index (χ0v) is 16.9. The summed E-state index contributed by atoms with van der Waals surface area (Å²) in [7, 11) is 0. The smallest absolute Gasteiger partial charge is 0.253 e. The minimum Gasteiger partial charge on any atom is -0.349 e. The van der Waals surface area contributed by atoms with Crippen LogP contribution in [0.5, 0.6) is 0 Å². The molecule has 0 bridgehead atoms. The molecule has 2 fully saturated rings. The summed E-state index contributed by atoms with van der Waals surface area (Å²) in [5, 5.41) is 6.34. The number of rotatable bonds is 4. The second-order valence-corrected chi connectivity index (χ2v) is 8.05. The number of carbonyl (C=O) groups is 2. The van der Waals surface area contributed by atoms with E-state index in [0.29, 0.717) is 23.2 Å². The highest BCUT2D eigenvalue weighted by molar-refractivity contribution is 5.94. The molecule has 6 nitrogen and oxygen atoms in total. The maximum absolute atomic E-state index is 13.4. The van der Waals surface area contributed by atoms with E-state index in [0.717, 1.165) is 45.4 Å². The third-order valence-electron chi connectivity index (χ3n) is 5.93. The fraction of sp³-hybridized carbons (Fsp3) is 0.435. The van der Waals surface area contributed by atoms with E-state index in [-0.39, 0.29) is 29.6 Å². The molecule has 1 aromatic heterocycles. The van der Waals surface area contributed by atoms with Gasteiger partial charge in [0, 0.05) is 49.9 Å². The number of hydrogen-bond acceptors (Lipinski definition) is 4. The SMILES string of the molecule is O=C(N[C@H]1CCC[C@@H](C(=O)N2CCNCC2)C1)c1ccc(-c2cccc(F)c2)nc1. The minimum atomic E-state index is -0.321. The summed E-state index contributed by atoms with van der Waals surface area (Å²) in [6, 6.07) is 9.63. The van der Waals surface area contributed by atoms with Crippen LogP contribution in [-0.4, -0.2) is 53.9 Å². The van der Waals surface area contributed by atoms with Crippen molar-refractivity contribution in [2.45, 2.75) is 31.7 Å². The van der Waals surface area contributed by atoms with Gasteiger partial charge in [-0.25, -0.2) is 4.39 Å². The van der Waals surface area contributed by atoms with Gasteiger partial charge in [0.25, 0.3) is 5.91 Å². The van der Waals surface area contributed by atoms with Crippen molar-refractivity contribution < 1.29 is 14.0 Å². The molecule has 2 atom stereocenters. The second-order valence-electron chi connectivity index (χ2n) is 8.05. The molecule has 2 aliphatic rings. The average molecular weight is 410 g/mol. The van der Waals surface area contributed by atoms with E-state index in [2.05, 4.69) is 15.6 Å². The number of halogens is 1. The first kappa shape index (κ1) is 20.5. The Labute approximate surface area is 175 Å². The zero-order chi connectivity index (χ0) is 20.9. The molecule has 1 aliphatic heterocycles. The van der Waals surface area contributed by atoms with E-state index >= 15 is 0 Å². The molecule has 2 amide bonds. The first-order chi connectivity index (χ1) is 14.6. The number of amides is 2. The fourth-order valence-corrected chi connectivity index (χ4v) is 4.30. The van der Waals surface area contributed by atoms with E-state index in [1.54, 1.807) is 24.3 Å². The Hall–Kier alpha value is -2.80. The van der Waals surface area contributed by atoms with Crippen LogP contribution >= 0.6 is 0 Å². The predicted octanol–water partition coefficient (Wildman–Crippen LogP) is 2.61. The lowest BCUT2D eigenvalue weighted by atomic mass is 9.84. The van der Waals surface area contributed by atoms with Crippen LogP contribution < -0.4 is 10.6 Å². The molecular formula is C23H27FN4O2. The molecule has 7 heteroatoms. The molecule has 2 aromatic rings. The first-order valence-corrected chi connectivity index (χ1v) is 10.6. The van der Waals surface area contributed by atoms with E-state index < -0.39 is 0 Å². The van der Waals surface area contributed by atoms with Crippen molar-refractivity contribution in [1.82, 2.24) is 20.5 Å². The first-order valence-electron chi connectivity index (χ1n) is 10.6. The van der Waals surface area contributed by atoms with Crippen molar-refractivity contribution in [2.24, 2.45) is 5.92 Å². The van der Waals surface area contributed by atoms with Crippen molar-refractivity contribution in [3.05, 3.63) is 54.0 Å². The van der Waals surface area contributed by atoms with Gasteiger partial charge in [-0.05, 0) is 43.5 Å². The number of hydrogen-bond donors (Lipinski definition) is 2. The summed E-state index contributed by atoms with van der Waals surface area (Å²) in [4.78, 5) is 31.7. The van der Waals surface area contributed by atoms with Crippen molar-refractivity contribution in [3.63, 3.8) is 0 Å². The molecule has 1 aliphatic carbocycles. The molecule has 1 saturated carbocycles. The standard InChI is InChI=1S/C23H27FN4O2/c24-19-5-1-3-16(13-19)21-8-7-18(15-26-21)22(29)27-20-6-2-4-17(14-20)23(30)28-11-9-25-10-12-28/h1,3,5,7-8,13,15,17,20,25H,2,4,6,9-12,14H2,(H,27,29)/t17-,20+/m1/s1. The second kappa shape index (κ2) is 9.34. The highest BCUT2D eigenvalue weighted by Crippen LogP contribution is 2.27.